The van der Waals surface area contributed by atoms with E-state index in [1.165, 1.54) is 31.4 Å². The third kappa shape index (κ3) is 1.59. The Morgan fingerprint density at radius 3 is 2.80 bits per heavy atom. The van der Waals surface area contributed by atoms with Crippen LogP contribution in [-0.2, 0) is 6.54 Å². The smallest absolute Gasteiger partial charge is 0.267 e. The third-order valence-corrected chi connectivity index (χ3v) is 4.22. The molecule has 1 atom stereocenters. The molecule has 0 radical (unpaired) electrons. The van der Waals surface area contributed by atoms with Gasteiger partial charge in [0.2, 0.25) is 0 Å². The van der Waals surface area contributed by atoms with Crippen LogP contribution in [0.15, 0.2) is 10.9 Å². The van der Waals surface area contributed by atoms with Crippen molar-refractivity contribution < 1.29 is 0 Å². The monoisotopic (exact) mass is 270 g/mol. The first-order valence-electron chi connectivity index (χ1n) is 5.73. The van der Waals surface area contributed by atoms with Crippen LogP contribution in [0.1, 0.15) is 48.7 Å². The number of aromatic nitrogens is 2. The predicted octanol–water partition coefficient (Wildman–Crippen LogP) is 2.60. The Kier molecular flexibility index (Phi) is 2.27. The first kappa shape index (κ1) is 9.70. The van der Waals surface area contributed by atoms with Gasteiger partial charge in [0.25, 0.3) is 5.56 Å². The summed E-state index contributed by atoms with van der Waals surface area (Å²) in [6.45, 7) is 1.01. The molecule has 2 heterocycles. The highest BCUT2D eigenvalue weighted by atomic mass is 79.9. The average Bonchev–Trinajstić information content (AvgIpc) is 2.99. The van der Waals surface area contributed by atoms with Crippen molar-refractivity contribution in [2.24, 2.45) is 0 Å². The van der Waals surface area contributed by atoms with Gasteiger partial charge in [-0.1, -0.05) is 15.9 Å². The van der Waals surface area contributed by atoms with Crippen molar-refractivity contribution >= 4 is 15.9 Å². The van der Waals surface area contributed by atoms with E-state index >= 15 is 0 Å². The second kappa shape index (κ2) is 3.51. The Labute approximate surface area is 97.2 Å². The van der Waals surface area contributed by atoms with Gasteiger partial charge in [-0.3, -0.25) is 9.48 Å². The van der Waals surface area contributed by atoms with Gasteiger partial charge in [0.15, 0.2) is 0 Å². The molecule has 0 spiro atoms. The SMILES string of the molecule is O=c1cc(C2CC2)n2n1C(Br)CCCC2. The summed E-state index contributed by atoms with van der Waals surface area (Å²) in [5.41, 5.74) is 1.44. The lowest BCUT2D eigenvalue weighted by molar-refractivity contribution is 0.458. The lowest BCUT2D eigenvalue weighted by Gasteiger charge is -2.14. The van der Waals surface area contributed by atoms with Crippen molar-refractivity contribution in [2.75, 3.05) is 0 Å². The zero-order valence-corrected chi connectivity index (χ0v) is 10.2. The Morgan fingerprint density at radius 2 is 2.07 bits per heavy atom. The Morgan fingerprint density at radius 1 is 1.27 bits per heavy atom. The summed E-state index contributed by atoms with van der Waals surface area (Å²) in [5, 5.41) is 0. The summed E-state index contributed by atoms with van der Waals surface area (Å²) < 4.78 is 4.12. The zero-order chi connectivity index (χ0) is 10.4. The van der Waals surface area contributed by atoms with Crippen molar-refractivity contribution in [3.05, 3.63) is 22.1 Å². The molecule has 1 unspecified atom stereocenters. The molecular weight excluding hydrogens is 256 g/mol. The molecule has 15 heavy (non-hydrogen) atoms. The topological polar surface area (TPSA) is 26.9 Å². The molecule has 1 fully saturated rings. The minimum absolute atomic E-state index is 0.167. The molecule has 1 aliphatic heterocycles. The molecule has 82 valence electrons. The summed E-state index contributed by atoms with van der Waals surface area (Å²) >= 11 is 3.61. The van der Waals surface area contributed by atoms with Gasteiger partial charge in [-0.25, -0.2) is 4.68 Å². The summed E-state index contributed by atoms with van der Waals surface area (Å²) in [6, 6.07) is 1.84. The first-order chi connectivity index (χ1) is 7.27. The van der Waals surface area contributed by atoms with Crippen molar-refractivity contribution in [2.45, 2.75) is 49.5 Å². The molecule has 0 amide bonds. The highest BCUT2D eigenvalue weighted by Crippen LogP contribution is 2.40. The van der Waals surface area contributed by atoms with Gasteiger partial charge in [-0.2, -0.15) is 0 Å². The van der Waals surface area contributed by atoms with Crippen molar-refractivity contribution in [3.63, 3.8) is 0 Å². The van der Waals surface area contributed by atoms with Gasteiger partial charge in [0, 0.05) is 24.2 Å². The lowest BCUT2D eigenvalue weighted by atomic mass is 10.2. The van der Waals surface area contributed by atoms with E-state index in [0.29, 0.717) is 5.92 Å². The van der Waals surface area contributed by atoms with E-state index in [2.05, 4.69) is 20.6 Å². The fourth-order valence-corrected chi connectivity index (χ4v) is 3.19. The third-order valence-electron chi connectivity index (χ3n) is 3.38. The van der Waals surface area contributed by atoms with Gasteiger partial charge < -0.3 is 0 Å². The molecule has 1 aromatic heterocycles. The normalized spacial score (nSPS) is 26.1. The van der Waals surface area contributed by atoms with E-state index in [0.717, 1.165) is 13.0 Å². The van der Waals surface area contributed by atoms with Crippen LogP contribution in [0.3, 0.4) is 0 Å². The largest absolute Gasteiger partial charge is 0.285 e. The van der Waals surface area contributed by atoms with Crippen LogP contribution >= 0.6 is 15.9 Å². The van der Waals surface area contributed by atoms with Crippen molar-refractivity contribution in [1.82, 2.24) is 9.36 Å². The highest BCUT2D eigenvalue weighted by Gasteiger charge is 2.30. The second-order valence-electron chi connectivity index (χ2n) is 4.58. The van der Waals surface area contributed by atoms with Crippen LogP contribution in [0.5, 0.6) is 0 Å². The average molecular weight is 271 g/mol. The van der Waals surface area contributed by atoms with Gasteiger partial charge in [-0.05, 0) is 32.1 Å². The molecule has 1 aromatic rings. The maximum Gasteiger partial charge on any atom is 0.267 e. The minimum Gasteiger partial charge on any atom is -0.285 e. The van der Waals surface area contributed by atoms with Crippen LogP contribution in [-0.4, -0.2) is 9.36 Å². The molecule has 4 heteroatoms. The van der Waals surface area contributed by atoms with E-state index in [-0.39, 0.29) is 10.5 Å². The number of hydrogen-bond donors (Lipinski definition) is 0. The van der Waals surface area contributed by atoms with Crippen LogP contribution in [0, 0.1) is 0 Å². The maximum atomic E-state index is 11.9. The summed E-state index contributed by atoms with van der Waals surface area (Å²) in [6.07, 6.45) is 5.98. The number of fused-ring (bicyclic) bond motifs is 1. The van der Waals surface area contributed by atoms with E-state index in [4.69, 9.17) is 0 Å². The van der Waals surface area contributed by atoms with Crippen LogP contribution in [0.25, 0.3) is 0 Å². The van der Waals surface area contributed by atoms with Crippen LogP contribution in [0.4, 0.5) is 0 Å². The highest BCUT2D eigenvalue weighted by molar-refractivity contribution is 9.09. The molecule has 1 saturated carbocycles. The van der Waals surface area contributed by atoms with E-state index in [9.17, 15) is 4.79 Å². The van der Waals surface area contributed by atoms with Gasteiger partial charge in [0.05, 0.1) is 0 Å². The van der Waals surface area contributed by atoms with Gasteiger partial charge in [-0.15, -0.1) is 0 Å². The second-order valence-corrected chi connectivity index (χ2v) is 5.64. The number of hydrogen-bond acceptors (Lipinski definition) is 1. The predicted molar refractivity (Wildman–Crippen MR) is 62.5 cm³/mol. The standard InChI is InChI=1S/C11H15BrN2O/c12-10-3-1-2-6-13-9(8-4-5-8)7-11(15)14(10)13/h7-8,10H,1-6H2. The minimum atomic E-state index is 0.167. The number of rotatable bonds is 1. The number of halogens is 1. The molecule has 2 aliphatic rings. The maximum absolute atomic E-state index is 11.9. The Balaban J connectivity index is 2.12. The lowest BCUT2D eigenvalue weighted by Crippen LogP contribution is -2.23. The summed E-state index contributed by atoms with van der Waals surface area (Å²) in [5.74, 6) is 0.664. The molecule has 1 aliphatic carbocycles. The quantitative estimate of drug-likeness (QED) is 0.721. The molecule has 0 aromatic carbocycles. The molecular formula is C11H15BrN2O. The van der Waals surface area contributed by atoms with E-state index in [1.54, 1.807) is 0 Å². The number of nitrogens with zero attached hydrogens (tertiary/aromatic N) is 2. The van der Waals surface area contributed by atoms with Gasteiger partial charge in [0.1, 0.15) is 4.95 Å². The van der Waals surface area contributed by atoms with E-state index < -0.39 is 0 Å². The fraction of sp³-hybridized carbons (Fsp3) is 0.727. The Hall–Kier alpha value is -0.510. The van der Waals surface area contributed by atoms with Crippen molar-refractivity contribution in [3.8, 4) is 0 Å². The fourth-order valence-electron chi connectivity index (χ4n) is 2.44. The van der Waals surface area contributed by atoms with Crippen molar-refractivity contribution in [1.29, 1.82) is 0 Å². The van der Waals surface area contributed by atoms with Crippen LogP contribution < -0.4 is 5.56 Å². The van der Waals surface area contributed by atoms with Crippen LogP contribution in [0.2, 0.25) is 0 Å². The molecule has 0 N–H and O–H groups in total. The van der Waals surface area contributed by atoms with Gasteiger partial charge >= 0.3 is 0 Å². The number of alkyl halides is 1. The molecule has 0 bridgehead atoms. The molecule has 3 nitrogen and oxygen atoms in total. The molecule has 0 saturated heterocycles. The summed E-state index contributed by atoms with van der Waals surface area (Å²) in [4.78, 5) is 12.1. The summed E-state index contributed by atoms with van der Waals surface area (Å²) in [7, 11) is 0. The Bertz CT molecular complexity index is 430. The first-order valence-corrected chi connectivity index (χ1v) is 6.65. The molecule has 3 rings (SSSR count). The van der Waals surface area contributed by atoms with E-state index in [1.807, 2.05) is 10.7 Å². The zero-order valence-electron chi connectivity index (χ0n) is 8.66.